The maximum absolute atomic E-state index is 13.8. The summed E-state index contributed by atoms with van der Waals surface area (Å²) in [6.45, 7) is 1.45. The molecule has 1 N–H and O–H groups in total. The van der Waals surface area contributed by atoms with Gasteiger partial charge in [0.1, 0.15) is 11.0 Å². The molecule has 0 aliphatic carbocycles. The monoisotopic (exact) mass is 575 g/mol. The van der Waals surface area contributed by atoms with Crippen LogP contribution in [0.2, 0.25) is 5.02 Å². The van der Waals surface area contributed by atoms with E-state index in [0.717, 1.165) is 28.0 Å². The number of halogens is 1. The zero-order chi connectivity index (χ0) is 27.1. The molecule has 2 aromatic carbocycles. The molecular formula is C24H18ClN3O8S2. The van der Waals surface area contributed by atoms with Crippen molar-refractivity contribution in [2.75, 3.05) is 18.1 Å². The number of benzene rings is 2. The average Bonchev–Trinajstić information content (AvgIpc) is 3.37. The van der Waals surface area contributed by atoms with Crippen molar-refractivity contribution in [3.63, 3.8) is 0 Å². The van der Waals surface area contributed by atoms with E-state index >= 15 is 0 Å². The first-order valence-electron chi connectivity index (χ1n) is 11.3. The number of nitrogens with zero attached hydrogens (tertiary/aromatic N) is 2. The summed E-state index contributed by atoms with van der Waals surface area (Å²) < 4.78 is 10.7. The van der Waals surface area contributed by atoms with Crippen molar-refractivity contribution < 1.29 is 28.8 Å². The van der Waals surface area contributed by atoms with Crippen LogP contribution in [-0.2, 0) is 19.1 Å². The lowest BCUT2D eigenvalue weighted by Gasteiger charge is -2.31. The molecule has 2 aliphatic rings. The second-order valence-corrected chi connectivity index (χ2v) is 10.9. The molecule has 0 spiro atoms. The van der Waals surface area contributed by atoms with Gasteiger partial charge in [-0.15, -0.1) is 0 Å². The number of hydrogen-bond donors (Lipinski definition) is 1. The second-order valence-electron chi connectivity index (χ2n) is 8.31. The third-order valence-corrected chi connectivity index (χ3v) is 8.74. The largest absolute Gasteiger partial charge is 0.482 e. The van der Waals surface area contributed by atoms with E-state index in [1.165, 1.54) is 24.3 Å². The van der Waals surface area contributed by atoms with E-state index < -0.39 is 46.4 Å². The number of nitro benzene ring substituents is 1. The van der Waals surface area contributed by atoms with Gasteiger partial charge in [0.25, 0.3) is 5.69 Å². The zero-order valence-electron chi connectivity index (χ0n) is 19.5. The smallest absolute Gasteiger partial charge is 0.344 e. The number of imide groups is 1. The molecule has 11 nitrogen and oxygen atoms in total. The number of aromatic nitrogens is 1. The van der Waals surface area contributed by atoms with Crippen LogP contribution in [0, 0.1) is 16.0 Å². The van der Waals surface area contributed by atoms with E-state index in [4.69, 9.17) is 21.1 Å². The molecule has 14 heteroatoms. The third kappa shape index (κ3) is 4.57. The number of amides is 2. The normalized spacial score (nSPS) is 20.2. The fourth-order valence-electron chi connectivity index (χ4n) is 4.56. The molecule has 3 atom stereocenters. The van der Waals surface area contributed by atoms with Gasteiger partial charge in [0.05, 0.1) is 28.2 Å². The van der Waals surface area contributed by atoms with Gasteiger partial charge in [-0.25, -0.2) is 9.69 Å². The minimum atomic E-state index is -0.940. The Morgan fingerprint density at radius 3 is 2.58 bits per heavy atom. The highest BCUT2D eigenvalue weighted by Gasteiger charge is 2.57. The van der Waals surface area contributed by atoms with Crippen LogP contribution in [0.1, 0.15) is 23.3 Å². The summed E-state index contributed by atoms with van der Waals surface area (Å²) in [4.78, 5) is 66.1. The summed E-state index contributed by atoms with van der Waals surface area (Å²) >= 11 is 8.32. The first kappa shape index (κ1) is 25.9. The highest BCUT2D eigenvalue weighted by Crippen LogP contribution is 2.54. The van der Waals surface area contributed by atoms with Gasteiger partial charge in [0.15, 0.2) is 6.61 Å². The minimum absolute atomic E-state index is 0.176. The van der Waals surface area contributed by atoms with Crippen molar-refractivity contribution in [1.29, 1.82) is 0 Å². The van der Waals surface area contributed by atoms with Crippen molar-refractivity contribution in [3.8, 4) is 5.75 Å². The Kier molecular flexibility index (Phi) is 6.99. The number of esters is 1. The Labute approximate surface area is 227 Å². The summed E-state index contributed by atoms with van der Waals surface area (Å²) in [7, 11) is 0. The number of thiazole rings is 1. The number of thioether (sulfide) groups is 1. The molecule has 3 aromatic rings. The molecule has 38 heavy (non-hydrogen) atoms. The predicted molar refractivity (Wildman–Crippen MR) is 139 cm³/mol. The van der Waals surface area contributed by atoms with Crippen LogP contribution in [0.3, 0.4) is 0 Å². The van der Waals surface area contributed by atoms with Crippen molar-refractivity contribution in [2.45, 2.75) is 23.1 Å². The molecule has 3 heterocycles. The number of fused-ring (bicyclic) bond motifs is 2. The van der Waals surface area contributed by atoms with E-state index in [1.807, 2.05) is 0 Å². The number of carbonyl (C=O) groups is 3. The van der Waals surface area contributed by atoms with E-state index in [9.17, 15) is 29.3 Å². The molecule has 0 saturated carbocycles. The molecule has 1 aromatic heterocycles. The Morgan fingerprint density at radius 2 is 1.89 bits per heavy atom. The van der Waals surface area contributed by atoms with Crippen LogP contribution in [-0.4, -0.2) is 46.2 Å². The number of nitrogens with one attached hydrogen (secondary N) is 1. The molecular weight excluding hydrogens is 558 g/mol. The van der Waals surface area contributed by atoms with Gasteiger partial charge in [-0.05, 0) is 37.3 Å². The molecule has 1 saturated heterocycles. The first-order valence-corrected chi connectivity index (χ1v) is 13.4. The number of anilines is 1. The molecule has 196 valence electrons. The first-order chi connectivity index (χ1) is 18.2. The molecule has 0 radical (unpaired) electrons. The lowest BCUT2D eigenvalue weighted by atomic mass is 9.82. The van der Waals surface area contributed by atoms with Crippen LogP contribution in [0.5, 0.6) is 5.75 Å². The van der Waals surface area contributed by atoms with E-state index in [2.05, 4.69) is 4.98 Å². The Morgan fingerprint density at radius 1 is 1.16 bits per heavy atom. The van der Waals surface area contributed by atoms with Crippen LogP contribution < -0.4 is 14.5 Å². The van der Waals surface area contributed by atoms with Crippen LogP contribution >= 0.6 is 34.7 Å². The van der Waals surface area contributed by atoms with Gasteiger partial charge in [0, 0.05) is 33.5 Å². The van der Waals surface area contributed by atoms with Gasteiger partial charge in [-0.2, -0.15) is 0 Å². The van der Waals surface area contributed by atoms with E-state index in [0.29, 0.717) is 20.5 Å². The Bertz CT molecular complexity index is 1520. The summed E-state index contributed by atoms with van der Waals surface area (Å²) in [5, 5.41) is 10.9. The van der Waals surface area contributed by atoms with E-state index in [-0.39, 0.29) is 28.6 Å². The summed E-state index contributed by atoms with van der Waals surface area (Å²) in [5.41, 5.74) is 0.445. The topological polar surface area (TPSA) is 149 Å². The predicted octanol–water partition coefficient (Wildman–Crippen LogP) is 3.74. The standard InChI is InChI=1S/C24H18ClN3O8S2/c1-2-35-16(29)10-36-15-8-3-11(25)9-14(15)17-18-20(37-21-19(17)38-24(32)26-21)23(31)27(22(18)30)12-4-6-13(7-5-12)28(33)34/h3-9,17-18,20H,2,10H2,1H3,(H,26,32)/t17-,18?,20?/m1/s1. The quantitative estimate of drug-likeness (QED) is 0.192. The van der Waals surface area contributed by atoms with Gasteiger partial charge < -0.3 is 14.5 Å². The van der Waals surface area contributed by atoms with Crippen LogP contribution in [0.25, 0.3) is 0 Å². The van der Waals surface area contributed by atoms with E-state index in [1.54, 1.807) is 25.1 Å². The Hall–Kier alpha value is -3.68. The number of aromatic amines is 1. The third-order valence-electron chi connectivity index (χ3n) is 6.10. The minimum Gasteiger partial charge on any atom is -0.482 e. The molecule has 0 bridgehead atoms. The number of carbonyl (C=O) groups excluding carboxylic acids is 3. The van der Waals surface area contributed by atoms with Gasteiger partial charge >= 0.3 is 10.8 Å². The van der Waals surface area contributed by atoms with Crippen molar-refractivity contribution in [3.05, 3.63) is 77.7 Å². The van der Waals surface area contributed by atoms with Crippen LogP contribution in [0.15, 0.2) is 52.3 Å². The average molecular weight is 576 g/mol. The number of H-pyrrole nitrogens is 1. The van der Waals surface area contributed by atoms with Gasteiger partial charge in [0.2, 0.25) is 11.8 Å². The summed E-state index contributed by atoms with van der Waals surface area (Å²) in [6, 6.07) is 9.82. The highest BCUT2D eigenvalue weighted by atomic mass is 35.5. The number of hydrogen-bond acceptors (Lipinski definition) is 10. The molecule has 2 aliphatic heterocycles. The lowest BCUT2D eigenvalue weighted by Crippen LogP contribution is -2.32. The maximum Gasteiger partial charge on any atom is 0.344 e. The fraction of sp³-hybridized carbons (Fsp3) is 0.250. The van der Waals surface area contributed by atoms with Gasteiger partial charge in [-0.1, -0.05) is 34.7 Å². The number of non-ortho nitro benzene ring substituents is 1. The fourth-order valence-corrected chi connectivity index (χ4v) is 7.25. The highest BCUT2D eigenvalue weighted by molar-refractivity contribution is 8.00. The van der Waals surface area contributed by atoms with Gasteiger partial charge in [-0.3, -0.25) is 24.5 Å². The number of nitro groups is 1. The van der Waals surface area contributed by atoms with Crippen molar-refractivity contribution in [1.82, 2.24) is 4.98 Å². The summed E-state index contributed by atoms with van der Waals surface area (Å²) in [5.74, 6) is -3.12. The molecule has 1 fully saturated rings. The SMILES string of the molecule is CCOC(=O)COc1ccc(Cl)cc1[C@H]1c2sc(=O)[nH]c2SC2C(=O)N(c3ccc([N+](=O)[O-])cc3)C(=O)C21. The molecule has 5 rings (SSSR count). The number of ether oxygens (including phenoxy) is 2. The second kappa shape index (κ2) is 10.2. The maximum atomic E-state index is 13.8. The number of rotatable bonds is 7. The van der Waals surface area contributed by atoms with Crippen LogP contribution in [0.4, 0.5) is 11.4 Å². The lowest BCUT2D eigenvalue weighted by molar-refractivity contribution is -0.384. The van der Waals surface area contributed by atoms with Crippen molar-refractivity contribution in [2.24, 2.45) is 5.92 Å². The zero-order valence-corrected chi connectivity index (χ0v) is 21.9. The molecule has 2 unspecified atom stereocenters. The molecule has 2 amide bonds. The van der Waals surface area contributed by atoms with Crippen molar-refractivity contribution >= 4 is 63.9 Å². The summed E-state index contributed by atoms with van der Waals surface area (Å²) in [6.07, 6.45) is 0. The Balaban J connectivity index is 1.59.